The van der Waals surface area contributed by atoms with E-state index in [1.807, 2.05) is 39.0 Å². The van der Waals surface area contributed by atoms with Crippen molar-refractivity contribution in [3.63, 3.8) is 0 Å². The van der Waals surface area contributed by atoms with E-state index in [2.05, 4.69) is 52.0 Å². The van der Waals surface area contributed by atoms with Crippen LogP contribution in [0.5, 0.6) is 0 Å². The van der Waals surface area contributed by atoms with Crippen LogP contribution in [-0.4, -0.2) is 35.4 Å². The number of cyclic esters (lactones) is 1. The molecule has 0 aromatic rings. The summed E-state index contributed by atoms with van der Waals surface area (Å²) >= 11 is 0. The average molecular weight is 541 g/mol. The first-order valence-corrected chi connectivity index (χ1v) is 14.6. The Morgan fingerprint density at radius 3 is 2.49 bits per heavy atom. The zero-order chi connectivity index (χ0) is 29.2. The molecule has 1 aliphatic heterocycles. The molecule has 1 heterocycles. The van der Waals surface area contributed by atoms with E-state index >= 15 is 0 Å². The molecule has 0 aromatic heterocycles. The second-order valence-electron chi connectivity index (χ2n) is 11.3. The van der Waals surface area contributed by atoms with E-state index in [1.54, 1.807) is 6.08 Å². The molecule has 5 nitrogen and oxygen atoms in total. The van der Waals surface area contributed by atoms with Crippen LogP contribution in [0.2, 0.25) is 0 Å². The predicted molar refractivity (Wildman–Crippen MR) is 161 cm³/mol. The Labute approximate surface area is 237 Å². The molecule has 0 radical (unpaired) electrons. The minimum atomic E-state index is -0.365. The van der Waals surface area contributed by atoms with Gasteiger partial charge >= 0.3 is 11.9 Å². The van der Waals surface area contributed by atoms with E-state index in [1.165, 1.54) is 11.6 Å². The van der Waals surface area contributed by atoms with E-state index in [9.17, 15) is 14.7 Å². The largest absolute Gasteiger partial charge is 0.462 e. The Hall–Kier alpha value is -2.66. The Balaban J connectivity index is 2.67. The Kier molecular flexibility index (Phi) is 17.1. The molecule has 0 bridgehead atoms. The van der Waals surface area contributed by atoms with Crippen LogP contribution in [0, 0.1) is 11.8 Å². The van der Waals surface area contributed by atoms with Gasteiger partial charge in [0.05, 0.1) is 6.10 Å². The maximum Gasteiger partial charge on any atom is 0.331 e. The summed E-state index contributed by atoms with van der Waals surface area (Å²) in [6.45, 7) is 14.1. The number of ether oxygens (including phenoxy) is 2. The molecule has 39 heavy (non-hydrogen) atoms. The summed E-state index contributed by atoms with van der Waals surface area (Å²) in [5.41, 5.74) is 3.23. The van der Waals surface area contributed by atoms with Crippen molar-refractivity contribution in [1.82, 2.24) is 0 Å². The number of aliphatic hydroxyl groups excluding tert-OH is 1. The van der Waals surface area contributed by atoms with Crippen molar-refractivity contribution in [1.29, 1.82) is 0 Å². The highest BCUT2D eigenvalue weighted by atomic mass is 16.5. The fourth-order valence-corrected chi connectivity index (χ4v) is 4.29. The SMILES string of the molecule is CC(=C\C=C\C(C)=C\CCC[C@@H](C)O)/C=C(C)/C=C/C(=O)O[C@H]1CCCC(=O)O[C@@H](C(C)C)C/C=C/C[C@@H]1C. The van der Waals surface area contributed by atoms with Gasteiger partial charge in [0.2, 0.25) is 0 Å². The lowest BCUT2D eigenvalue weighted by Crippen LogP contribution is -2.26. The Morgan fingerprint density at radius 2 is 1.79 bits per heavy atom. The van der Waals surface area contributed by atoms with Gasteiger partial charge in [-0.3, -0.25) is 4.79 Å². The molecule has 218 valence electrons. The monoisotopic (exact) mass is 540 g/mol. The first-order valence-electron chi connectivity index (χ1n) is 14.6. The lowest BCUT2D eigenvalue weighted by molar-refractivity contribution is -0.151. The number of aliphatic hydroxyl groups is 1. The smallest absolute Gasteiger partial charge is 0.331 e. The molecule has 0 spiro atoms. The topological polar surface area (TPSA) is 72.8 Å². The van der Waals surface area contributed by atoms with Crippen molar-refractivity contribution in [3.05, 3.63) is 71.4 Å². The van der Waals surface area contributed by atoms with Gasteiger partial charge in [0, 0.05) is 18.9 Å². The summed E-state index contributed by atoms with van der Waals surface area (Å²) in [5, 5.41) is 9.33. The second kappa shape index (κ2) is 19.4. The standard InChI is InChI=1S/C34H52O5/c1-25(2)31-19-11-9-17-29(6)32(20-13-21-33(36)38-31)39-34(37)23-22-28(5)24-27(4)16-12-15-26(3)14-8-10-18-30(7)35/h9,11-12,14-16,22-25,29-32,35H,8,10,13,17-21H2,1-7H3/b11-9+,15-12+,23-22+,26-14+,27-16+,28-24+/t29-,30+,31+,32-/m0/s1. The summed E-state index contributed by atoms with van der Waals surface area (Å²) in [7, 11) is 0. The highest BCUT2D eigenvalue weighted by Gasteiger charge is 2.23. The third-order valence-corrected chi connectivity index (χ3v) is 6.79. The molecular formula is C34H52O5. The minimum absolute atomic E-state index is 0.0918. The number of allylic oxidation sites excluding steroid dienone is 10. The van der Waals surface area contributed by atoms with Gasteiger partial charge in [-0.2, -0.15) is 0 Å². The van der Waals surface area contributed by atoms with E-state index in [-0.39, 0.29) is 42.1 Å². The summed E-state index contributed by atoms with van der Waals surface area (Å²) in [6, 6.07) is 0. The number of esters is 2. The summed E-state index contributed by atoms with van der Waals surface area (Å²) < 4.78 is 11.5. The molecule has 1 rings (SSSR count). The van der Waals surface area contributed by atoms with E-state index in [4.69, 9.17) is 9.47 Å². The lowest BCUT2D eigenvalue weighted by atomic mass is 9.94. The maximum atomic E-state index is 12.6. The first-order chi connectivity index (χ1) is 18.5. The molecule has 0 saturated carbocycles. The molecule has 0 aliphatic carbocycles. The molecule has 0 amide bonds. The zero-order valence-corrected chi connectivity index (χ0v) is 25.3. The van der Waals surface area contributed by atoms with Gasteiger partial charge in [0.15, 0.2) is 0 Å². The summed E-state index contributed by atoms with van der Waals surface area (Å²) in [4.78, 5) is 24.9. The van der Waals surface area contributed by atoms with Crippen molar-refractivity contribution in [2.45, 2.75) is 118 Å². The molecule has 5 heteroatoms. The zero-order valence-electron chi connectivity index (χ0n) is 25.3. The van der Waals surface area contributed by atoms with Crippen molar-refractivity contribution >= 4 is 11.9 Å². The average Bonchev–Trinajstić information content (AvgIpc) is 2.85. The van der Waals surface area contributed by atoms with Gasteiger partial charge < -0.3 is 14.6 Å². The Bertz CT molecular complexity index is 929. The number of rotatable bonds is 11. The number of unbranched alkanes of at least 4 members (excludes halogenated alkanes) is 1. The van der Waals surface area contributed by atoms with E-state index in [0.717, 1.165) is 36.8 Å². The number of carbonyl (C=O) groups excluding carboxylic acids is 2. The predicted octanol–water partition coefficient (Wildman–Crippen LogP) is 8.12. The fourth-order valence-electron chi connectivity index (χ4n) is 4.29. The van der Waals surface area contributed by atoms with Crippen LogP contribution >= 0.6 is 0 Å². The van der Waals surface area contributed by atoms with Crippen molar-refractivity contribution in [3.8, 4) is 0 Å². The van der Waals surface area contributed by atoms with Gasteiger partial charge in [0.1, 0.15) is 12.2 Å². The number of carbonyl (C=O) groups is 2. The normalized spacial score (nSPS) is 24.4. The molecule has 1 aliphatic rings. The second-order valence-corrected chi connectivity index (χ2v) is 11.3. The van der Waals surface area contributed by atoms with Crippen LogP contribution in [0.15, 0.2) is 71.4 Å². The van der Waals surface area contributed by atoms with Gasteiger partial charge in [-0.25, -0.2) is 4.79 Å². The van der Waals surface area contributed by atoms with Crippen molar-refractivity contribution in [2.75, 3.05) is 0 Å². The Morgan fingerprint density at radius 1 is 1.08 bits per heavy atom. The third kappa shape index (κ3) is 16.8. The van der Waals surface area contributed by atoms with Crippen LogP contribution in [0.3, 0.4) is 0 Å². The highest BCUT2D eigenvalue weighted by Crippen LogP contribution is 2.22. The van der Waals surface area contributed by atoms with Gasteiger partial charge in [-0.1, -0.05) is 86.1 Å². The van der Waals surface area contributed by atoms with Crippen LogP contribution in [0.4, 0.5) is 0 Å². The highest BCUT2D eigenvalue weighted by molar-refractivity contribution is 5.82. The van der Waals surface area contributed by atoms with E-state index < -0.39 is 0 Å². The van der Waals surface area contributed by atoms with Crippen LogP contribution in [-0.2, 0) is 19.1 Å². The van der Waals surface area contributed by atoms with Gasteiger partial charge in [0.25, 0.3) is 0 Å². The quantitative estimate of drug-likeness (QED) is 0.0942. The molecule has 0 saturated heterocycles. The molecular weight excluding hydrogens is 488 g/mol. The third-order valence-electron chi connectivity index (χ3n) is 6.79. The maximum absolute atomic E-state index is 12.6. The van der Waals surface area contributed by atoms with E-state index in [0.29, 0.717) is 25.7 Å². The number of hydrogen-bond donors (Lipinski definition) is 1. The summed E-state index contributed by atoms with van der Waals surface area (Å²) in [5.74, 6) is -0.110. The molecule has 1 N–H and O–H groups in total. The number of hydrogen-bond acceptors (Lipinski definition) is 5. The lowest BCUT2D eigenvalue weighted by Gasteiger charge is -2.24. The first kappa shape index (κ1) is 34.4. The summed E-state index contributed by atoms with van der Waals surface area (Å²) in [6.07, 6.45) is 23.1. The molecule has 0 unspecified atom stereocenters. The van der Waals surface area contributed by atoms with Crippen molar-refractivity contribution in [2.24, 2.45) is 11.8 Å². The van der Waals surface area contributed by atoms with Crippen LogP contribution < -0.4 is 0 Å². The van der Waals surface area contributed by atoms with Crippen LogP contribution in [0.25, 0.3) is 0 Å². The van der Waals surface area contributed by atoms with Crippen LogP contribution in [0.1, 0.15) is 99.8 Å². The van der Waals surface area contributed by atoms with Gasteiger partial charge in [-0.15, -0.1) is 0 Å². The molecule has 0 fully saturated rings. The van der Waals surface area contributed by atoms with Gasteiger partial charge in [-0.05, 0) is 78.1 Å². The molecule has 0 aromatic carbocycles. The minimum Gasteiger partial charge on any atom is -0.462 e. The fraction of sp³-hybridized carbons (Fsp3) is 0.588. The van der Waals surface area contributed by atoms with Crippen molar-refractivity contribution < 1.29 is 24.2 Å². The molecule has 4 atom stereocenters.